The topological polar surface area (TPSA) is 55.1 Å². The van der Waals surface area contributed by atoms with Gasteiger partial charge in [0.2, 0.25) is 5.91 Å². The van der Waals surface area contributed by atoms with Gasteiger partial charge in [-0.15, -0.1) is 0 Å². The molecule has 3 nitrogen and oxygen atoms in total. The second-order valence-corrected chi connectivity index (χ2v) is 5.68. The molecular weight excluding hydrogens is 250 g/mol. The number of carbonyl (C=O) groups is 1. The van der Waals surface area contributed by atoms with Crippen LogP contribution in [0.3, 0.4) is 0 Å². The van der Waals surface area contributed by atoms with Gasteiger partial charge in [0.1, 0.15) is 11.6 Å². The highest BCUT2D eigenvalue weighted by Crippen LogP contribution is 2.34. The molecule has 1 amide bonds. The summed E-state index contributed by atoms with van der Waals surface area (Å²) < 4.78 is 26.8. The molecule has 0 heterocycles. The van der Waals surface area contributed by atoms with Crippen molar-refractivity contribution in [3.8, 4) is 0 Å². The van der Waals surface area contributed by atoms with Crippen LogP contribution in [0.1, 0.15) is 37.4 Å². The summed E-state index contributed by atoms with van der Waals surface area (Å²) in [7, 11) is 0. The molecule has 3 N–H and O–H groups in total. The molecule has 0 radical (unpaired) electrons. The van der Waals surface area contributed by atoms with Gasteiger partial charge in [-0.3, -0.25) is 4.79 Å². The molecule has 0 aliphatic heterocycles. The minimum Gasteiger partial charge on any atom is -0.369 e. The first-order valence-electron chi connectivity index (χ1n) is 6.32. The molecule has 19 heavy (non-hydrogen) atoms. The summed E-state index contributed by atoms with van der Waals surface area (Å²) in [5, 5.41) is 3.18. The van der Waals surface area contributed by atoms with Gasteiger partial charge in [0.05, 0.1) is 5.41 Å². The SMILES string of the molecule is CC(C)(CNC1CCc2c(F)cc(F)cc21)C(N)=O. The summed E-state index contributed by atoms with van der Waals surface area (Å²) in [6.45, 7) is 3.86. The van der Waals surface area contributed by atoms with Gasteiger partial charge in [-0.1, -0.05) is 0 Å². The second kappa shape index (κ2) is 4.89. The van der Waals surface area contributed by atoms with E-state index in [0.29, 0.717) is 30.5 Å². The zero-order valence-electron chi connectivity index (χ0n) is 11.1. The third kappa shape index (κ3) is 2.76. The van der Waals surface area contributed by atoms with E-state index in [-0.39, 0.29) is 6.04 Å². The van der Waals surface area contributed by atoms with Gasteiger partial charge in [-0.2, -0.15) is 0 Å². The number of hydrogen-bond acceptors (Lipinski definition) is 2. The summed E-state index contributed by atoms with van der Waals surface area (Å²) >= 11 is 0. The first-order chi connectivity index (χ1) is 8.81. The van der Waals surface area contributed by atoms with Crippen molar-refractivity contribution in [2.24, 2.45) is 11.1 Å². The van der Waals surface area contributed by atoms with Crippen LogP contribution >= 0.6 is 0 Å². The molecule has 1 atom stereocenters. The van der Waals surface area contributed by atoms with E-state index >= 15 is 0 Å². The van der Waals surface area contributed by atoms with Crippen molar-refractivity contribution in [2.45, 2.75) is 32.7 Å². The Kier molecular flexibility index (Phi) is 3.58. The van der Waals surface area contributed by atoms with E-state index in [1.165, 1.54) is 6.07 Å². The Morgan fingerprint density at radius 3 is 2.79 bits per heavy atom. The summed E-state index contributed by atoms with van der Waals surface area (Å²) in [5.74, 6) is -1.46. The van der Waals surface area contributed by atoms with Gasteiger partial charge in [-0.05, 0) is 43.9 Å². The number of halogens is 2. The van der Waals surface area contributed by atoms with E-state index < -0.39 is 23.0 Å². The molecule has 0 saturated carbocycles. The molecule has 1 unspecified atom stereocenters. The number of hydrogen-bond donors (Lipinski definition) is 2. The van der Waals surface area contributed by atoms with Gasteiger partial charge >= 0.3 is 0 Å². The largest absolute Gasteiger partial charge is 0.369 e. The molecule has 1 aliphatic carbocycles. The van der Waals surface area contributed by atoms with Crippen LogP contribution in [0.4, 0.5) is 8.78 Å². The van der Waals surface area contributed by atoms with Crippen molar-refractivity contribution in [3.05, 3.63) is 34.9 Å². The van der Waals surface area contributed by atoms with E-state index in [1.807, 2.05) is 0 Å². The molecule has 0 saturated heterocycles. The number of nitrogens with two attached hydrogens (primary N) is 1. The van der Waals surface area contributed by atoms with Crippen LogP contribution in [-0.4, -0.2) is 12.5 Å². The lowest BCUT2D eigenvalue weighted by molar-refractivity contribution is -0.125. The average Bonchev–Trinajstić information content (AvgIpc) is 2.69. The molecule has 1 aromatic rings. The van der Waals surface area contributed by atoms with Crippen molar-refractivity contribution in [1.29, 1.82) is 0 Å². The highest BCUT2D eigenvalue weighted by Gasteiger charge is 2.30. The van der Waals surface area contributed by atoms with Crippen molar-refractivity contribution >= 4 is 5.91 Å². The molecule has 2 rings (SSSR count). The Balaban J connectivity index is 2.13. The van der Waals surface area contributed by atoms with Crippen molar-refractivity contribution in [2.75, 3.05) is 6.54 Å². The van der Waals surface area contributed by atoms with Gasteiger partial charge in [0.15, 0.2) is 0 Å². The number of benzene rings is 1. The number of carbonyl (C=O) groups excluding carboxylic acids is 1. The van der Waals surface area contributed by atoms with E-state index in [9.17, 15) is 13.6 Å². The lowest BCUT2D eigenvalue weighted by Gasteiger charge is -2.24. The lowest BCUT2D eigenvalue weighted by Crippen LogP contribution is -2.41. The van der Waals surface area contributed by atoms with Crippen LogP contribution in [0.25, 0.3) is 0 Å². The number of fused-ring (bicyclic) bond motifs is 1. The zero-order valence-corrected chi connectivity index (χ0v) is 11.1. The van der Waals surface area contributed by atoms with Crippen LogP contribution in [0.5, 0.6) is 0 Å². The third-order valence-corrected chi connectivity index (χ3v) is 3.71. The monoisotopic (exact) mass is 268 g/mol. The molecule has 0 bridgehead atoms. The normalized spacial score (nSPS) is 18.4. The van der Waals surface area contributed by atoms with Crippen molar-refractivity contribution in [1.82, 2.24) is 5.32 Å². The molecule has 0 aromatic heterocycles. The summed E-state index contributed by atoms with van der Waals surface area (Å²) in [6.07, 6.45) is 1.28. The van der Waals surface area contributed by atoms with Crippen LogP contribution < -0.4 is 11.1 Å². The molecule has 1 aliphatic rings. The highest BCUT2D eigenvalue weighted by atomic mass is 19.1. The summed E-state index contributed by atoms with van der Waals surface area (Å²) in [4.78, 5) is 11.2. The Morgan fingerprint density at radius 2 is 2.16 bits per heavy atom. The fourth-order valence-corrected chi connectivity index (χ4v) is 2.32. The number of nitrogens with one attached hydrogen (secondary N) is 1. The van der Waals surface area contributed by atoms with E-state index in [1.54, 1.807) is 13.8 Å². The fourth-order valence-electron chi connectivity index (χ4n) is 2.32. The van der Waals surface area contributed by atoms with Gasteiger partial charge < -0.3 is 11.1 Å². The van der Waals surface area contributed by atoms with E-state index in [0.717, 1.165) is 6.07 Å². The number of primary amides is 1. The second-order valence-electron chi connectivity index (χ2n) is 5.68. The minimum atomic E-state index is -0.686. The molecular formula is C14H18F2N2O. The predicted molar refractivity (Wildman–Crippen MR) is 68.4 cm³/mol. The lowest BCUT2D eigenvalue weighted by atomic mass is 9.92. The summed E-state index contributed by atoms with van der Waals surface area (Å²) in [5.41, 5.74) is 5.83. The maximum Gasteiger partial charge on any atom is 0.224 e. The Bertz CT molecular complexity index is 514. The van der Waals surface area contributed by atoms with E-state index in [2.05, 4.69) is 5.32 Å². The minimum absolute atomic E-state index is 0.126. The predicted octanol–water partition coefficient (Wildman–Crippen LogP) is 2.05. The highest BCUT2D eigenvalue weighted by molar-refractivity contribution is 5.80. The van der Waals surface area contributed by atoms with Crippen LogP contribution in [0, 0.1) is 17.0 Å². The first-order valence-corrected chi connectivity index (χ1v) is 6.32. The van der Waals surface area contributed by atoms with Crippen LogP contribution in [0.15, 0.2) is 12.1 Å². The molecule has 1 aromatic carbocycles. The molecule has 104 valence electrons. The smallest absolute Gasteiger partial charge is 0.224 e. The maximum absolute atomic E-state index is 13.6. The molecule has 0 fully saturated rings. The molecule has 5 heteroatoms. The van der Waals surface area contributed by atoms with Gasteiger partial charge in [0.25, 0.3) is 0 Å². The van der Waals surface area contributed by atoms with Crippen LogP contribution in [-0.2, 0) is 11.2 Å². The van der Waals surface area contributed by atoms with Crippen molar-refractivity contribution < 1.29 is 13.6 Å². The van der Waals surface area contributed by atoms with Gasteiger partial charge in [0, 0.05) is 18.7 Å². The molecule has 0 spiro atoms. The van der Waals surface area contributed by atoms with E-state index in [4.69, 9.17) is 5.73 Å². The third-order valence-electron chi connectivity index (χ3n) is 3.71. The average molecular weight is 268 g/mol. The maximum atomic E-state index is 13.6. The Hall–Kier alpha value is -1.49. The fraction of sp³-hybridized carbons (Fsp3) is 0.500. The summed E-state index contributed by atoms with van der Waals surface area (Å²) in [6, 6.07) is 2.15. The standard InChI is InChI=1S/C14H18F2N2O/c1-14(2,13(17)19)7-18-12-4-3-9-10(12)5-8(15)6-11(9)16/h5-6,12,18H,3-4,7H2,1-2H3,(H2,17,19). The van der Waals surface area contributed by atoms with Crippen molar-refractivity contribution in [3.63, 3.8) is 0 Å². The van der Waals surface area contributed by atoms with Gasteiger partial charge in [-0.25, -0.2) is 8.78 Å². The quantitative estimate of drug-likeness (QED) is 0.878. The number of amides is 1. The Labute approximate surface area is 111 Å². The van der Waals surface area contributed by atoms with Crippen LogP contribution in [0.2, 0.25) is 0 Å². The number of rotatable bonds is 4. The Morgan fingerprint density at radius 1 is 1.47 bits per heavy atom. The first kappa shape index (κ1) is 13.9. The zero-order chi connectivity index (χ0) is 14.2.